The van der Waals surface area contributed by atoms with E-state index in [-0.39, 0.29) is 11.9 Å². The van der Waals surface area contributed by atoms with Crippen LogP contribution in [-0.2, 0) is 0 Å². The fraction of sp³-hybridized carbons (Fsp3) is 0.562. The molecule has 0 aliphatic carbocycles. The summed E-state index contributed by atoms with van der Waals surface area (Å²) in [5, 5.41) is 0. The van der Waals surface area contributed by atoms with Gasteiger partial charge in [-0.1, -0.05) is 6.07 Å². The summed E-state index contributed by atoms with van der Waals surface area (Å²) in [6.07, 6.45) is 0.975. The number of likely N-dealkylation sites (N-methyl/N-ethyl adjacent to an activating group) is 1. The van der Waals surface area contributed by atoms with Gasteiger partial charge in [0.2, 0.25) is 0 Å². The van der Waals surface area contributed by atoms with Crippen LogP contribution in [0.4, 0.5) is 5.69 Å². The molecule has 0 bridgehead atoms. The number of carbonyl (C=O) groups is 1. The largest absolute Gasteiger partial charge is 0.493 e. The van der Waals surface area contributed by atoms with Crippen molar-refractivity contribution in [1.29, 1.82) is 0 Å². The second-order valence-corrected chi connectivity index (χ2v) is 5.62. The van der Waals surface area contributed by atoms with Gasteiger partial charge in [0.05, 0.1) is 6.61 Å². The highest BCUT2D eigenvalue weighted by Gasteiger charge is 2.28. The summed E-state index contributed by atoms with van der Waals surface area (Å²) in [7, 11) is 2.09. The maximum atomic E-state index is 12.9. The van der Waals surface area contributed by atoms with Crippen molar-refractivity contribution < 1.29 is 9.53 Å². The van der Waals surface area contributed by atoms with Crippen LogP contribution >= 0.6 is 0 Å². The molecule has 1 aliphatic heterocycles. The second-order valence-electron chi connectivity index (χ2n) is 5.62. The second kappa shape index (κ2) is 6.80. The molecule has 1 aromatic rings. The van der Waals surface area contributed by atoms with Crippen molar-refractivity contribution in [2.75, 3.05) is 39.0 Å². The minimum absolute atomic E-state index is 0.0284. The molecular weight excluding hydrogens is 266 g/mol. The molecule has 0 spiro atoms. The van der Waals surface area contributed by atoms with E-state index >= 15 is 0 Å². The van der Waals surface area contributed by atoms with Gasteiger partial charge in [0.1, 0.15) is 11.3 Å². The molecule has 1 saturated heterocycles. The van der Waals surface area contributed by atoms with E-state index in [0.29, 0.717) is 23.6 Å². The van der Waals surface area contributed by atoms with Crippen molar-refractivity contribution in [3.8, 4) is 5.75 Å². The Morgan fingerprint density at radius 2 is 2.19 bits per heavy atom. The Kier molecular flexibility index (Phi) is 5.07. The van der Waals surface area contributed by atoms with Gasteiger partial charge in [-0.25, -0.2) is 0 Å². The Balaban J connectivity index is 2.30. The number of nitrogens with zero attached hydrogens (tertiary/aromatic N) is 2. The monoisotopic (exact) mass is 291 g/mol. The van der Waals surface area contributed by atoms with Gasteiger partial charge in [0, 0.05) is 24.8 Å². The van der Waals surface area contributed by atoms with Gasteiger partial charge in [0.25, 0.3) is 5.91 Å². The molecule has 0 radical (unpaired) electrons. The van der Waals surface area contributed by atoms with Crippen LogP contribution in [0.25, 0.3) is 0 Å². The molecule has 0 saturated carbocycles. The Morgan fingerprint density at radius 3 is 2.90 bits per heavy atom. The Hall–Kier alpha value is -1.75. The minimum Gasteiger partial charge on any atom is -0.493 e. The third-order valence-electron chi connectivity index (χ3n) is 3.88. The van der Waals surface area contributed by atoms with Gasteiger partial charge >= 0.3 is 0 Å². The van der Waals surface area contributed by atoms with E-state index in [2.05, 4.69) is 18.9 Å². The van der Waals surface area contributed by atoms with Crippen molar-refractivity contribution >= 4 is 11.6 Å². The Morgan fingerprint density at radius 1 is 1.43 bits per heavy atom. The molecule has 1 aromatic carbocycles. The van der Waals surface area contributed by atoms with Gasteiger partial charge in [-0.2, -0.15) is 0 Å². The zero-order chi connectivity index (χ0) is 15.4. The molecule has 1 heterocycles. The van der Waals surface area contributed by atoms with Crippen LogP contribution in [0.2, 0.25) is 0 Å². The van der Waals surface area contributed by atoms with E-state index in [1.54, 1.807) is 6.07 Å². The van der Waals surface area contributed by atoms with Gasteiger partial charge in [0.15, 0.2) is 0 Å². The number of hydrogen-bond acceptors (Lipinski definition) is 4. The molecule has 2 N–H and O–H groups in total. The maximum absolute atomic E-state index is 12.9. The lowest BCUT2D eigenvalue weighted by atomic mass is 10.1. The number of hydrogen-bond donors (Lipinski definition) is 1. The lowest BCUT2D eigenvalue weighted by Gasteiger charge is -2.29. The van der Waals surface area contributed by atoms with E-state index in [9.17, 15) is 4.79 Å². The van der Waals surface area contributed by atoms with Crippen LogP contribution in [0.3, 0.4) is 0 Å². The zero-order valence-corrected chi connectivity index (χ0v) is 13.1. The molecule has 1 unspecified atom stereocenters. The highest BCUT2D eigenvalue weighted by Crippen LogP contribution is 2.27. The van der Waals surface area contributed by atoms with Gasteiger partial charge in [-0.15, -0.1) is 0 Å². The van der Waals surface area contributed by atoms with Crippen LogP contribution < -0.4 is 10.5 Å². The third kappa shape index (κ3) is 3.47. The first-order valence-electron chi connectivity index (χ1n) is 7.55. The van der Waals surface area contributed by atoms with Crippen molar-refractivity contribution in [1.82, 2.24) is 9.80 Å². The number of amides is 1. The fourth-order valence-electron chi connectivity index (χ4n) is 2.87. The predicted octanol–water partition coefficient (Wildman–Crippen LogP) is 1.83. The summed E-state index contributed by atoms with van der Waals surface area (Å²) >= 11 is 0. The van der Waals surface area contributed by atoms with Crippen LogP contribution in [0.5, 0.6) is 5.75 Å². The quantitative estimate of drug-likeness (QED) is 0.863. The van der Waals surface area contributed by atoms with E-state index in [4.69, 9.17) is 10.5 Å². The molecule has 2 rings (SSSR count). The number of benzene rings is 1. The number of carbonyl (C=O) groups excluding carboxylic acids is 1. The summed E-state index contributed by atoms with van der Waals surface area (Å²) in [6, 6.07) is 5.54. The topological polar surface area (TPSA) is 58.8 Å². The SMILES string of the molecule is CCOc1cccc(N)c1C(=O)N1CCCN(C)CC1C. The number of nitrogens with two attached hydrogens (primary N) is 1. The van der Waals surface area contributed by atoms with E-state index in [1.807, 2.05) is 24.0 Å². The highest BCUT2D eigenvalue weighted by atomic mass is 16.5. The molecule has 116 valence electrons. The average molecular weight is 291 g/mol. The Bertz CT molecular complexity index is 504. The van der Waals surface area contributed by atoms with Gasteiger partial charge in [-0.3, -0.25) is 4.79 Å². The molecule has 21 heavy (non-hydrogen) atoms. The van der Waals surface area contributed by atoms with Gasteiger partial charge in [-0.05, 0) is 46.0 Å². The smallest absolute Gasteiger partial charge is 0.260 e. The summed E-state index contributed by atoms with van der Waals surface area (Å²) < 4.78 is 5.58. The number of nitrogen functional groups attached to an aromatic ring is 1. The van der Waals surface area contributed by atoms with Crippen molar-refractivity contribution in [3.05, 3.63) is 23.8 Å². The zero-order valence-electron chi connectivity index (χ0n) is 13.1. The molecule has 5 heteroatoms. The lowest BCUT2D eigenvalue weighted by Crippen LogP contribution is -2.42. The summed E-state index contributed by atoms with van der Waals surface area (Å²) in [4.78, 5) is 17.1. The maximum Gasteiger partial charge on any atom is 0.260 e. The molecule has 5 nitrogen and oxygen atoms in total. The average Bonchev–Trinajstić information content (AvgIpc) is 2.59. The fourth-order valence-corrected chi connectivity index (χ4v) is 2.87. The lowest BCUT2D eigenvalue weighted by molar-refractivity contribution is 0.0693. The van der Waals surface area contributed by atoms with E-state index < -0.39 is 0 Å². The van der Waals surface area contributed by atoms with Crippen LogP contribution in [0.15, 0.2) is 18.2 Å². The van der Waals surface area contributed by atoms with E-state index in [1.165, 1.54) is 0 Å². The normalized spacial score (nSPS) is 20.1. The van der Waals surface area contributed by atoms with Crippen LogP contribution in [0, 0.1) is 0 Å². The molecule has 1 fully saturated rings. The van der Waals surface area contributed by atoms with Crippen molar-refractivity contribution in [3.63, 3.8) is 0 Å². The Labute approximate surface area is 126 Å². The number of ether oxygens (including phenoxy) is 1. The molecule has 1 amide bonds. The summed E-state index contributed by atoms with van der Waals surface area (Å²) in [5.74, 6) is 0.548. The van der Waals surface area contributed by atoms with Crippen molar-refractivity contribution in [2.45, 2.75) is 26.3 Å². The van der Waals surface area contributed by atoms with Crippen LogP contribution in [0.1, 0.15) is 30.6 Å². The minimum atomic E-state index is -0.0284. The molecule has 1 atom stereocenters. The first-order valence-corrected chi connectivity index (χ1v) is 7.55. The van der Waals surface area contributed by atoms with E-state index in [0.717, 1.165) is 26.1 Å². The summed E-state index contributed by atoms with van der Waals surface area (Å²) in [5.41, 5.74) is 7.01. The van der Waals surface area contributed by atoms with Gasteiger partial charge < -0.3 is 20.3 Å². The number of anilines is 1. The summed E-state index contributed by atoms with van der Waals surface area (Å²) in [6.45, 7) is 7.14. The first-order chi connectivity index (χ1) is 10.0. The standard InChI is InChI=1S/C16H25N3O2/c1-4-21-14-8-5-7-13(17)15(14)16(20)19-10-6-9-18(3)11-12(19)2/h5,7-8,12H,4,6,9-11,17H2,1-3H3. The predicted molar refractivity (Wildman–Crippen MR) is 84.6 cm³/mol. The molecule has 0 aromatic heterocycles. The van der Waals surface area contributed by atoms with Crippen LogP contribution in [-0.4, -0.2) is 55.0 Å². The highest BCUT2D eigenvalue weighted by molar-refractivity contribution is 6.02. The third-order valence-corrected chi connectivity index (χ3v) is 3.88. The molecule has 1 aliphatic rings. The molecular formula is C16H25N3O2. The van der Waals surface area contributed by atoms with Crippen molar-refractivity contribution in [2.24, 2.45) is 0 Å². The number of rotatable bonds is 3. The first kappa shape index (κ1) is 15.6.